The number of para-hydroxylation sites is 1. The molecular weight excluding hydrogens is 488 g/mol. The Bertz CT molecular complexity index is 1710. The summed E-state index contributed by atoms with van der Waals surface area (Å²) in [4.78, 5) is 13.4. The first kappa shape index (κ1) is 23.5. The summed E-state index contributed by atoms with van der Waals surface area (Å²) in [5.41, 5.74) is 4.54. The quantitative estimate of drug-likeness (QED) is 0.114. The van der Waals surface area contributed by atoms with E-state index in [4.69, 9.17) is 26.4 Å². The Hall–Kier alpha value is -5.25. The summed E-state index contributed by atoms with van der Waals surface area (Å²) in [6.07, 6.45) is 3.55. The molecule has 2 aromatic carbocycles. The molecule has 0 saturated heterocycles. The molecule has 0 aliphatic carbocycles. The molecule has 5 aromatic rings. The number of hydrogen-bond donors (Lipinski definition) is 1. The van der Waals surface area contributed by atoms with Gasteiger partial charge in [0.1, 0.15) is 16.6 Å². The molecule has 5 rings (SSSR count). The first-order valence-electron chi connectivity index (χ1n) is 11.1. The lowest BCUT2D eigenvalue weighted by Crippen LogP contribution is -2.24. The van der Waals surface area contributed by atoms with Crippen molar-refractivity contribution in [3.05, 3.63) is 95.4 Å². The van der Waals surface area contributed by atoms with E-state index in [9.17, 15) is 10.5 Å². The molecule has 10 heteroatoms. The zero-order valence-electron chi connectivity index (χ0n) is 19.4. The number of amidine groups is 1. The fourth-order valence-electron chi connectivity index (χ4n) is 3.79. The summed E-state index contributed by atoms with van der Waals surface area (Å²) in [6, 6.07) is 23.6. The predicted molar refractivity (Wildman–Crippen MR) is 139 cm³/mol. The van der Waals surface area contributed by atoms with Crippen molar-refractivity contribution in [3.63, 3.8) is 0 Å². The SMILES string of the molecule is Cc1cc(-c2c(-c3cccc(C#N)c3)nn3ccc(N=C(NC#N)Oc4ccccc4)nc23)cc(Cl)n1. The van der Waals surface area contributed by atoms with E-state index in [1.807, 2.05) is 43.4 Å². The van der Waals surface area contributed by atoms with E-state index in [1.165, 1.54) is 0 Å². The number of benzene rings is 2. The van der Waals surface area contributed by atoms with Crippen LogP contribution < -0.4 is 10.1 Å². The van der Waals surface area contributed by atoms with Crippen molar-refractivity contribution in [1.29, 1.82) is 10.5 Å². The summed E-state index contributed by atoms with van der Waals surface area (Å²) in [5.74, 6) is 0.799. The highest BCUT2D eigenvalue weighted by molar-refractivity contribution is 6.29. The topological polar surface area (TPSA) is 124 Å². The Morgan fingerprint density at radius 2 is 1.84 bits per heavy atom. The number of nitrogens with zero attached hydrogens (tertiary/aromatic N) is 7. The van der Waals surface area contributed by atoms with Crippen LogP contribution >= 0.6 is 11.6 Å². The Morgan fingerprint density at radius 3 is 2.59 bits per heavy atom. The average molecular weight is 505 g/mol. The van der Waals surface area contributed by atoms with E-state index in [2.05, 4.69) is 21.4 Å². The Kier molecular flexibility index (Phi) is 6.45. The minimum Gasteiger partial charge on any atom is -0.425 e. The molecule has 9 nitrogen and oxygen atoms in total. The van der Waals surface area contributed by atoms with E-state index in [-0.39, 0.29) is 11.8 Å². The van der Waals surface area contributed by atoms with Crippen LogP contribution in [0, 0.1) is 29.7 Å². The fraction of sp³-hybridized carbons (Fsp3) is 0.0370. The van der Waals surface area contributed by atoms with Crippen LogP contribution in [0.15, 0.2) is 84.0 Å². The van der Waals surface area contributed by atoms with Gasteiger partial charge in [-0.2, -0.15) is 20.6 Å². The van der Waals surface area contributed by atoms with Gasteiger partial charge in [-0.3, -0.25) is 0 Å². The summed E-state index contributed by atoms with van der Waals surface area (Å²) < 4.78 is 7.34. The molecule has 0 unspecified atom stereocenters. The molecule has 3 heterocycles. The molecule has 0 atom stereocenters. The number of aryl methyl sites for hydroxylation is 1. The lowest BCUT2D eigenvalue weighted by atomic mass is 10.00. The Balaban J connectivity index is 1.69. The maximum Gasteiger partial charge on any atom is 0.310 e. The van der Waals surface area contributed by atoms with Crippen LogP contribution in [0.5, 0.6) is 5.75 Å². The smallest absolute Gasteiger partial charge is 0.310 e. The summed E-state index contributed by atoms with van der Waals surface area (Å²) >= 11 is 6.30. The van der Waals surface area contributed by atoms with E-state index in [0.717, 1.165) is 16.8 Å². The van der Waals surface area contributed by atoms with Gasteiger partial charge in [0.15, 0.2) is 17.7 Å². The minimum atomic E-state index is -0.0311. The molecule has 0 saturated carbocycles. The summed E-state index contributed by atoms with van der Waals surface area (Å²) in [5, 5.41) is 26.1. The Labute approximate surface area is 216 Å². The van der Waals surface area contributed by atoms with Crippen LogP contribution in [-0.2, 0) is 0 Å². The van der Waals surface area contributed by atoms with Gasteiger partial charge in [0, 0.05) is 23.5 Å². The van der Waals surface area contributed by atoms with Crippen LogP contribution in [0.3, 0.4) is 0 Å². The van der Waals surface area contributed by atoms with Crippen molar-refractivity contribution in [2.24, 2.45) is 4.99 Å². The number of aromatic nitrogens is 4. The normalized spacial score (nSPS) is 11.1. The molecule has 0 fully saturated rings. The van der Waals surface area contributed by atoms with Crippen LogP contribution in [0.1, 0.15) is 11.3 Å². The predicted octanol–water partition coefficient (Wildman–Crippen LogP) is 5.43. The van der Waals surface area contributed by atoms with Gasteiger partial charge >= 0.3 is 6.02 Å². The lowest BCUT2D eigenvalue weighted by Gasteiger charge is -2.07. The minimum absolute atomic E-state index is 0.0311. The van der Waals surface area contributed by atoms with E-state index in [1.54, 1.807) is 53.2 Å². The molecule has 0 bridgehead atoms. The standard InChI is InChI=1S/C27H17ClN8O/c1-17-12-20(14-22(28)32-17)24-25(19-7-5-6-18(13-19)15-29)35-36-11-10-23(33-26(24)36)34-27(31-16-30)37-21-8-3-2-4-9-21/h2-14H,1H3,(H,31,33,34). The van der Waals surface area contributed by atoms with Gasteiger partial charge in [0.25, 0.3) is 0 Å². The van der Waals surface area contributed by atoms with Crippen molar-refractivity contribution in [1.82, 2.24) is 24.9 Å². The van der Waals surface area contributed by atoms with Crippen LogP contribution in [-0.4, -0.2) is 25.6 Å². The molecular formula is C27H17ClN8O. The van der Waals surface area contributed by atoms with Gasteiger partial charge in [0.05, 0.1) is 17.2 Å². The first-order valence-corrected chi connectivity index (χ1v) is 11.4. The van der Waals surface area contributed by atoms with Gasteiger partial charge in [-0.1, -0.05) is 41.9 Å². The molecule has 0 spiro atoms. The van der Waals surface area contributed by atoms with Crippen molar-refractivity contribution in [3.8, 4) is 40.4 Å². The molecule has 0 aliphatic heterocycles. The highest BCUT2D eigenvalue weighted by Crippen LogP contribution is 2.36. The van der Waals surface area contributed by atoms with E-state index >= 15 is 0 Å². The number of rotatable bonds is 4. The zero-order valence-corrected chi connectivity index (χ0v) is 20.2. The maximum atomic E-state index is 9.41. The molecule has 0 radical (unpaired) electrons. The van der Waals surface area contributed by atoms with E-state index in [0.29, 0.717) is 33.4 Å². The maximum absolute atomic E-state index is 9.41. The zero-order chi connectivity index (χ0) is 25.8. The number of nitrogens with one attached hydrogen (secondary N) is 1. The van der Waals surface area contributed by atoms with Crippen molar-refractivity contribution in [2.75, 3.05) is 0 Å². The second kappa shape index (κ2) is 10.2. The lowest BCUT2D eigenvalue weighted by molar-refractivity contribution is 0.531. The monoisotopic (exact) mass is 504 g/mol. The largest absolute Gasteiger partial charge is 0.425 e. The molecule has 1 N–H and O–H groups in total. The highest BCUT2D eigenvalue weighted by atomic mass is 35.5. The first-order chi connectivity index (χ1) is 18.0. The Morgan fingerprint density at radius 1 is 1.00 bits per heavy atom. The number of pyridine rings is 1. The van der Waals surface area contributed by atoms with Gasteiger partial charge in [-0.05, 0) is 48.9 Å². The molecule has 0 aliphatic rings. The van der Waals surface area contributed by atoms with Crippen LogP contribution in [0.2, 0.25) is 5.15 Å². The van der Waals surface area contributed by atoms with Crippen molar-refractivity contribution in [2.45, 2.75) is 6.92 Å². The highest BCUT2D eigenvalue weighted by Gasteiger charge is 2.20. The molecule has 0 amide bonds. The number of halogens is 1. The van der Waals surface area contributed by atoms with Gasteiger partial charge in [-0.25, -0.2) is 19.8 Å². The average Bonchev–Trinajstić information content (AvgIpc) is 3.28. The third-order valence-electron chi connectivity index (χ3n) is 5.28. The third-order valence-corrected chi connectivity index (χ3v) is 5.48. The second-order valence-electron chi connectivity index (χ2n) is 7.86. The third kappa shape index (κ3) is 5.08. The van der Waals surface area contributed by atoms with Crippen molar-refractivity contribution < 1.29 is 4.74 Å². The van der Waals surface area contributed by atoms with E-state index < -0.39 is 0 Å². The number of nitriles is 2. The summed E-state index contributed by atoms with van der Waals surface area (Å²) in [7, 11) is 0. The molecule has 178 valence electrons. The second-order valence-corrected chi connectivity index (χ2v) is 8.25. The van der Waals surface area contributed by atoms with Crippen molar-refractivity contribution >= 4 is 29.1 Å². The number of fused-ring (bicyclic) bond motifs is 1. The van der Waals surface area contributed by atoms with Gasteiger partial charge < -0.3 is 4.74 Å². The van der Waals surface area contributed by atoms with Crippen LogP contribution in [0.25, 0.3) is 28.0 Å². The van der Waals surface area contributed by atoms with Crippen LogP contribution in [0.4, 0.5) is 5.82 Å². The number of hydrogen-bond acceptors (Lipinski definition) is 7. The number of aliphatic imine (C=N–C) groups is 1. The number of ether oxygens (including phenoxy) is 1. The molecule has 3 aromatic heterocycles. The fourth-order valence-corrected chi connectivity index (χ4v) is 4.04. The van der Waals surface area contributed by atoms with Gasteiger partial charge in [0.2, 0.25) is 0 Å². The molecule has 37 heavy (non-hydrogen) atoms. The van der Waals surface area contributed by atoms with Gasteiger partial charge in [-0.15, -0.1) is 0 Å². The summed E-state index contributed by atoms with van der Waals surface area (Å²) in [6.45, 7) is 1.85.